The summed E-state index contributed by atoms with van der Waals surface area (Å²) in [5.41, 5.74) is 6.27. The number of nitrogens with one attached hydrogen (secondary N) is 2. The van der Waals surface area contributed by atoms with Gasteiger partial charge in [0.1, 0.15) is 0 Å². The van der Waals surface area contributed by atoms with Gasteiger partial charge in [-0.15, -0.1) is 0 Å². The van der Waals surface area contributed by atoms with Crippen LogP contribution in [0.3, 0.4) is 0 Å². The zero-order valence-electron chi connectivity index (χ0n) is 16.3. The van der Waals surface area contributed by atoms with E-state index in [9.17, 15) is 4.79 Å². The van der Waals surface area contributed by atoms with Gasteiger partial charge in [0.2, 0.25) is 5.91 Å². The molecule has 3 nitrogen and oxygen atoms in total. The van der Waals surface area contributed by atoms with E-state index in [0.29, 0.717) is 6.04 Å². The van der Waals surface area contributed by atoms with Crippen LogP contribution >= 0.6 is 0 Å². The lowest BCUT2D eigenvalue weighted by Crippen LogP contribution is -2.38. The summed E-state index contributed by atoms with van der Waals surface area (Å²) in [4.78, 5) is 13.0. The van der Waals surface area contributed by atoms with Crippen LogP contribution in [-0.2, 0) is 16.6 Å². The molecule has 2 aromatic rings. The van der Waals surface area contributed by atoms with E-state index < -0.39 is 0 Å². The van der Waals surface area contributed by atoms with E-state index in [2.05, 4.69) is 65.2 Å². The van der Waals surface area contributed by atoms with E-state index in [1.165, 1.54) is 22.3 Å². The largest absolute Gasteiger partial charge is 0.325 e. The molecule has 0 saturated heterocycles. The number of aryl methyl sites for hydroxylation is 1. The van der Waals surface area contributed by atoms with Crippen LogP contribution in [-0.4, -0.2) is 18.5 Å². The molecule has 0 aromatic heterocycles. The van der Waals surface area contributed by atoms with Crippen molar-refractivity contribution in [1.29, 1.82) is 0 Å². The molecule has 2 atom stereocenters. The summed E-state index contributed by atoms with van der Waals surface area (Å²) in [6.07, 6.45) is 9.78. The lowest BCUT2D eigenvalue weighted by Gasteiger charge is -2.34. The van der Waals surface area contributed by atoms with E-state index in [-0.39, 0.29) is 11.3 Å². The van der Waals surface area contributed by atoms with Crippen molar-refractivity contribution in [3.05, 3.63) is 71.3 Å². The molecule has 0 radical (unpaired) electrons. The van der Waals surface area contributed by atoms with Crippen LogP contribution in [0.15, 0.2) is 54.6 Å². The predicted molar refractivity (Wildman–Crippen MR) is 114 cm³/mol. The standard InChI is InChI=1S/C25H28N2O/c28-24-25(14-5-10-19-9-4-12-22(27-24)23(19)25)15-6-11-21-17-20(13-16-26-21)18-7-2-1-3-8-18/h1-4,7-9,12-13,21,26H,5-6,10-11,14-17H2,(H,27,28). The Morgan fingerprint density at radius 1 is 1.07 bits per heavy atom. The van der Waals surface area contributed by atoms with E-state index in [4.69, 9.17) is 0 Å². The van der Waals surface area contributed by atoms with Gasteiger partial charge in [-0.05, 0) is 66.9 Å². The van der Waals surface area contributed by atoms with Gasteiger partial charge in [0.05, 0.1) is 5.41 Å². The molecule has 3 aliphatic rings. The molecule has 28 heavy (non-hydrogen) atoms. The molecule has 3 heteroatoms. The molecule has 2 heterocycles. The van der Waals surface area contributed by atoms with Gasteiger partial charge >= 0.3 is 0 Å². The molecule has 2 aromatic carbocycles. The van der Waals surface area contributed by atoms with Crippen LogP contribution in [0.5, 0.6) is 0 Å². The maximum atomic E-state index is 13.0. The number of benzene rings is 2. The Bertz CT molecular complexity index is 917. The second-order valence-electron chi connectivity index (χ2n) is 8.53. The number of rotatable bonds is 5. The van der Waals surface area contributed by atoms with Crippen molar-refractivity contribution in [2.24, 2.45) is 0 Å². The molecule has 144 valence electrons. The lowest BCUT2D eigenvalue weighted by molar-refractivity contribution is -0.121. The Morgan fingerprint density at radius 2 is 1.96 bits per heavy atom. The average Bonchev–Trinajstić information content (AvgIpc) is 3.03. The van der Waals surface area contributed by atoms with Crippen molar-refractivity contribution in [1.82, 2.24) is 5.32 Å². The quantitative estimate of drug-likeness (QED) is 0.789. The first-order chi connectivity index (χ1) is 13.8. The van der Waals surface area contributed by atoms with Crippen molar-refractivity contribution >= 4 is 17.2 Å². The van der Waals surface area contributed by atoms with Gasteiger partial charge in [-0.3, -0.25) is 4.79 Å². The zero-order valence-corrected chi connectivity index (χ0v) is 16.3. The maximum Gasteiger partial charge on any atom is 0.235 e. The second-order valence-corrected chi connectivity index (χ2v) is 8.53. The van der Waals surface area contributed by atoms with Gasteiger partial charge in [-0.25, -0.2) is 0 Å². The van der Waals surface area contributed by atoms with E-state index in [1.54, 1.807) is 0 Å². The van der Waals surface area contributed by atoms with Crippen LogP contribution in [0.4, 0.5) is 5.69 Å². The van der Waals surface area contributed by atoms with Gasteiger partial charge in [-0.2, -0.15) is 0 Å². The van der Waals surface area contributed by atoms with Gasteiger partial charge in [-0.1, -0.05) is 55.0 Å². The van der Waals surface area contributed by atoms with Crippen LogP contribution in [0.1, 0.15) is 55.2 Å². The third-order valence-electron chi connectivity index (χ3n) is 6.88. The number of amides is 1. The molecular formula is C25H28N2O. The highest BCUT2D eigenvalue weighted by Gasteiger charge is 2.48. The van der Waals surface area contributed by atoms with Gasteiger partial charge in [0.15, 0.2) is 0 Å². The number of carbonyl (C=O) groups excluding carboxylic acids is 1. The Hall–Kier alpha value is -2.39. The van der Waals surface area contributed by atoms with Crippen LogP contribution in [0, 0.1) is 0 Å². The first kappa shape index (κ1) is 17.7. The Labute approximate surface area is 167 Å². The molecule has 0 saturated carbocycles. The predicted octanol–water partition coefficient (Wildman–Crippen LogP) is 4.83. The van der Waals surface area contributed by atoms with Crippen LogP contribution in [0.25, 0.3) is 5.57 Å². The fraction of sp³-hybridized carbons (Fsp3) is 0.400. The summed E-state index contributed by atoms with van der Waals surface area (Å²) in [7, 11) is 0. The minimum atomic E-state index is -0.281. The first-order valence-electron chi connectivity index (χ1n) is 10.7. The second kappa shape index (κ2) is 7.21. The third-order valence-corrected chi connectivity index (χ3v) is 6.88. The fourth-order valence-corrected chi connectivity index (χ4v) is 5.53. The van der Waals surface area contributed by atoms with E-state index in [1.807, 2.05) is 0 Å². The highest BCUT2D eigenvalue weighted by Crippen LogP contribution is 2.49. The van der Waals surface area contributed by atoms with E-state index in [0.717, 1.165) is 57.2 Å². The molecule has 0 bridgehead atoms. The molecule has 2 unspecified atom stereocenters. The summed E-state index contributed by atoms with van der Waals surface area (Å²) in [5, 5.41) is 6.83. The fourth-order valence-electron chi connectivity index (χ4n) is 5.53. The van der Waals surface area contributed by atoms with Gasteiger partial charge < -0.3 is 10.6 Å². The molecule has 2 N–H and O–H groups in total. The van der Waals surface area contributed by atoms with Gasteiger partial charge in [0, 0.05) is 18.3 Å². The molecular weight excluding hydrogens is 344 g/mol. The number of hydrogen-bond donors (Lipinski definition) is 2. The highest BCUT2D eigenvalue weighted by molar-refractivity contribution is 6.07. The Morgan fingerprint density at radius 3 is 2.86 bits per heavy atom. The van der Waals surface area contributed by atoms with Gasteiger partial charge in [0.25, 0.3) is 0 Å². The zero-order chi connectivity index (χ0) is 19.0. The molecule has 0 spiro atoms. The van der Waals surface area contributed by atoms with Crippen molar-refractivity contribution < 1.29 is 4.79 Å². The Kier molecular flexibility index (Phi) is 4.56. The summed E-state index contributed by atoms with van der Waals surface area (Å²) >= 11 is 0. The minimum Gasteiger partial charge on any atom is -0.325 e. The topological polar surface area (TPSA) is 41.1 Å². The SMILES string of the molecule is O=C1Nc2cccc3c2C1(CCCC1CC(c2ccccc2)=CCN1)CCC3. The lowest BCUT2D eigenvalue weighted by atomic mass is 9.68. The van der Waals surface area contributed by atoms with Crippen LogP contribution in [0.2, 0.25) is 0 Å². The highest BCUT2D eigenvalue weighted by atomic mass is 16.2. The maximum absolute atomic E-state index is 13.0. The smallest absolute Gasteiger partial charge is 0.235 e. The van der Waals surface area contributed by atoms with Crippen molar-refractivity contribution in [2.75, 3.05) is 11.9 Å². The van der Waals surface area contributed by atoms with Crippen molar-refractivity contribution in [3.8, 4) is 0 Å². The number of carbonyl (C=O) groups is 1. The molecule has 1 amide bonds. The van der Waals surface area contributed by atoms with Crippen molar-refractivity contribution in [2.45, 2.75) is 56.4 Å². The summed E-state index contributed by atoms with van der Waals surface area (Å²) in [6, 6.07) is 17.6. The molecule has 5 rings (SSSR count). The normalized spacial score (nSPS) is 25.8. The molecule has 1 aliphatic carbocycles. The average molecular weight is 373 g/mol. The first-order valence-corrected chi connectivity index (χ1v) is 10.7. The van der Waals surface area contributed by atoms with Crippen LogP contribution < -0.4 is 10.6 Å². The monoisotopic (exact) mass is 372 g/mol. The van der Waals surface area contributed by atoms with E-state index >= 15 is 0 Å². The summed E-state index contributed by atoms with van der Waals surface area (Å²) in [5.74, 6) is 0.233. The molecule has 2 aliphatic heterocycles. The summed E-state index contributed by atoms with van der Waals surface area (Å²) < 4.78 is 0. The molecule has 0 fully saturated rings. The Balaban J connectivity index is 1.27. The minimum absolute atomic E-state index is 0.233. The number of anilines is 1. The third kappa shape index (κ3) is 2.98. The summed E-state index contributed by atoms with van der Waals surface area (Å²) in [6.45, 7) is 0.938. The number of hydrogen-bond acceptors (Lipinski definition) is 2. The van der Waals surface area contributed by atoms with Crippen molar-refractivity contribution in [3.63, 3.8) is 0 Å².